The molecule has 0 saturated carbocycles. The third-order valence-electron chi connectivity index (χ3n) is 3.04. The molecule has 17 heavy (non-hydrogen) atoms. The van der Waals surface area contributed by atoms with Crippen LogP contribution in [0.5, 0.6) is 0 Å². The number of hydrogen-bond acceptors (Lipinski definition) is 3. The lowest BCUT2D eigenvalue weighted by molar-refractivity contribution is 0.255. The molecule has 3 heteroatoms. The van der Waals surface area contributed by atoms with E-state index in [1.54, 1.807) is 11.3 Å². The lowest BCUT2D eigenvalue weighted by Crippen LogP contribution is -2.41. The summed E-state index contributed by atoms with van der Waals surface area (Å²) in [5.41, 5.74) is 1.57. The quantitative estimate of drug-likeness (QED) is 0.835. The molecule has 1 N–H and O–H groups in total. The van der Waals surface area contributed by atoms with E-state index in [-0.39, 0.29) is 0 Å². The summed E-state index contributed by atoms with van der Waals surface area (Å²) in [7, 11) is 0. The van der Waals surface area contributed by atoms with E-state index in [4.69, 9.17) is 0 Å². The van der Waals surface area contributed by atoms with Crippen molar-refractivity contribution in [1.82, 2.24) is 10.3 Å². The maximum absolute atomic E-state index is 4.54. The molecule has 0 saturated heterocycles. The van der Waals surface area contributed by atoms with Crippen LogP contribution in [-0.4, -0.2) is 17.6 Å². The van der Waals surface area contributed by atoms with Crippen molar-refractivity contribution in [3.63, 3.8) is 0 Å². The largest absolute Gasteiger partial charge is 0.313 e. The number of aromatic nitrogens is 1. The Kier molecular flexibility index (Phi) is 5.60. The highest BCUT2D eigenvalue weighted by atomic mass is 32.1. The first kappa shape index (κ1) is 14.7. The Hall–Kier alpha value is -0.410. The standard InChI is InChI=1S/C14H26N2S/c1-6-9-15-13(14(3,4)5)8-7-12-10-17-11(2)16-12/h10,13,15H,6-9H2,1-5H3. The average Bonchev–Trinajstić information content (AvgIpc) is 2.62. The highest BCUT2D eigenvalue weighted by Crippen LogP contribution is 2.23. The number of nitrogens with one attached hydrogen (secondary N) is 1. The molecule has 0 aromatic carbocycles. The molecule has 0 spiro atoms. The van der Waals surface area contributed by atoms with Crippen LogP contribution in [0.15, 0.2) is 5.38 Å². The maximum Gasteiger partial charge on any atom is 0.0897 e. The molecule has 1 rings (SSSR count). The van der Waals surface area contributed by atoms with Crippen molar-refractivity contribution in [3.05, 3.63) is 16.1 Å². The van der Waals surface area contributed by atoms with Gasteiger partial charge < -0.3 is 5.32 Å². The van der Waals surface area contributed by atoms with Gasteiger partial charge in [0, 0.05) is 11.4 Å². The van der Waals surface area contributed by atoms with Crippen LogP contribution in [-0.2, 0) is 6.42 Å². The molecule has 1 heterocycles. The minimum atomic E-state index is 0.320. The average molecular weight is 254 g/mol. The van der Waals surface area contributed by atoms with Gasteiger partial charge in [-0.05, 0) is 38.1 Å². The zero-order chi connectivity index (χ0) is 12.9. The molecule has 0 radical (unpaired) electrons. The molecular weight excluding hydrogens is 228 g/mol. The summed E-state index contributed by atoms with van der Waals surface area (Å²) >= 11 is 1.75. The molecule has 0 bridgehead atoms. The molecule has 0 fully saturated rings. The molecule has 98 valence electrons. The Morgan fingerprint density at radius 3 is 2.59 bits per heavy atom. The Morgan fingerprint density at radius 1 is 1.41 bits per heavy atom. The molecule has 2 nitrogen and oxygen atoms in total. The number of nitrogens with zero attached hydrogens (tertiary/aromatic N) is 1. The van der Waals surface area contributed by atoms with Crippen LogP contribution in [0.2, 0.25) is 0 Å². The first-order valence-electron chi connectivity index (χ1n) is 6.58. The van der Waals surface area contributed by atoms with Crippen LogP contribution in [0.25, 0.3) is 0 Å². The van der Waals surface area contributed by atoms with E-state index in [9.17, 15) is 0 Å². The third kappa shape index (κ3) is 5.17. The van der Waals surface area contributed by atoms with E-state index in [2.05, 4.69) is 50.3 Å². The van der Waals surface area contributed by atoms with Gasteiger partial charge in [0.2, 0.25) is 0 Å². The van der Waals surface area contributed by atoms with Crippen molar-refractivity contribution in [2.45, 2.75) is 59.9 Å². The Morgan fingerprint density at radius 2 is 2.12 bits per heavy atom. The number of hydrogen-bond donors (Lipinski definition) is 1. The smallest absolute Gasteiger partial charge is 0.0897 e. The highest BCUT2D eigenvalue weighted by Gasteiger charge is 2.23. The van der Waals surface area contributed by atoms with Gasteiger partial charge in [-0.3, -0.25) is 0 Å². The van der Waals surface area contributed by atoms with E-state index < -0.39 is 0 Å². The summed E-state index contributed by atoms with van der Waals surface area (Å²) in [6.07, 6.45) is 3.46. The second kappa shape index (κ2) is 6.50. The second-order valence-corrected chi connectivity index (χ2v) is 6.83. The first-order valence-corrected chi connectivity index (χ1v) is 7.46. The van der Waals surface area contributed by atoms with Gasteiger partial charge in [0.15, 0.2) is 0 Å². The number of aryl methyl sites for hydroxylation is 2. The zero-order valence-electron chi connectivity index (χ0n) is 11.8. The van der Waals surface area contributed by atoms with Gasteiger partial charge in [-0.1, -0.05) is 27.7 Å². The van der Waals surface area contributed by atoms with Crippen molar-refractivity contribution in [3.8, 4) is 0 Å². The Bertz CT molecular complexity index is 325. The van der Waals surface area contributed by atoms with Gasteiger partial charge >= 0.3 is 0 Å². The summed E-state index contributed by atoms with van der Waals surface area (Å²) in [5.74, 6) is 0. The van der Waals surface area contributed by atoms with Crippen LogP contribution in [0.1, 0.15) is 51.2 Å². The topological polar surface area (TPSA) is 24.9 Å². The monoisotopic (exact) mass is 254 g/mol. The molecular formula is C14H26N2S. The van der Waals surface area contributed by atoms with Gasteiger partial charge in [-0.15, -0.1) is 11.3 Å². The van der Waals surface area contributed by atoms with Crippen molar-refractivity contribution >= 4 is 11.3 Å². The molecule has 0 aliphatic carbocycles. The van der Waals surface area contributed by atoms with E-state index >= 15 is 0 Å². The number of thiazole rings is 1. The van der Waals surface area contributed by atoms with Gasteiger partial charge in [0.1, 0.15) is 0 Å². The highest BCUT2D eigenvalue weighted by molar-refractivity contribution is 7.09. The van der Waals surface area contributed by atoms with Gasteiger partial charge in [-0.25, -0.2) is 4.98 Å². The lowest BCUT2D eigenvalue weighted by Gasteiger charge is -2.31. The maximum atomic E-state index is 4.54. The fraction of sp³-hybridized carbons (Fsp3) is 0.786. The molecule has 1 aromatic rings. The fourth-order valence-electron chi connectivity index (χ4n) is 1.98. The predicted octanol–water partition coefficient (Wildman–Crippen LogP) is 3.80. The van der Waals surface area contributed by atoms with Gasteiger partial charge in [0.05, 0.1) is 10.7 Å². The summed E-state index contributed by atoms with van der Waals surface area (Å²) < 4.78 is 0. The molecule has 1 aromatic heterocycles. The van der Waals surface area contributed by atoms with E-state index in [0.717, 1.165) is 13.0 Å². The third-order valence-corrected chi connectivity index (χ3v) is 3.86. The fourth-order valence-corrected chi connectivity index (χ4v) is 2.62. The van der Waals surface area contributed by atoms with Crippen LogP contribution >= 0.6 is 11.3 Å². The van der Waals surface area contributed by atoms with Crippen molar-refractivity contribution in [2.75, 3.05) is 6.54 Å². The molecule has 0 aliphatic rings. The normalized spacial score (nSPS) is 13.9. The van der Waals surface area contributed by atoms with Crippen molar-refractivity contribution in [1.29, 1.82) is 0 Å². The van der Waals surface area contributed by atoms with Crippen LogP contribution in [0.4, 0.5) is 0 Å². The second-order valence-electron chi connectivity index (χ2n) is 5.77. The van der Waals surface area contributed by atoms with Crippen LogP contribution in [0.3, 0.4) is 0 Å². The zero-order valence-corrected chi connectivity index (χ0v) is 12.7. The van der Waals surface area contributed by atoms with Crippen molar-refractivity contribution in [2.24, 2.45) is 5.41 Å². The molecule has 0 amide bonds. The van der Waals surface area contributed by atoms with Gasteiger partial charge in [0.25, 0.3) is 0 Å². The van der Waals surface area contributed by atoms with E-state index in [0.29, 0.717) is 11.5 Å². The Balaban J connectivity index is 2.49. The molecule has 0 aliphatic heterocycles. The summed E-state index contributed by atoms with van der Waals surface area (Å²) in [6.45, 7) is 12.3. The number of rotatable bonds is 6. The lowest BCUT2D eigenvalue weighted by atomic mass is 9.83. The first-order chi connectivity index (χ1) is 7.93. The van der Waals surface area contributed by atoms with Crippen molar-refractivity contribution < 1.29 is 0 Å². The van der Waals surface area contributed by atoms with Gasteiger partial charge in [-0.2, -0.15) is 0 Å². The Labute approximate surface area is 110 Å². The predicted molar refractivity (Wildman–Crippen MR) is 76.7 cm³/mol. The molecule has 1 unspecified atom stereocenters. The summed E-state index contributed by atoms with van der Waals surface area (Å²) in [4.78, 5) is 4.54. The van der Waals surface area contributed by atoms with Crippen LogP contribution in [0, 0.1) is 12.3 Å². The summed E-state index contributed by atoms with van der Waals surface area (Å²) in [6, 6.07) is 0.574. The van der Waals surface area contributed by atoms with E-state index in [1.165, 1.54) is 23.5 Å². The molecule has 1 atom stereocenters. The summed E-state index contributed by atoms with van der Waals surface area (Å²) in [5, 5.41) is 7.03. The van der Waals surface area contributed by atoms with Crippen LogP contribution < -0.4 is 5.32 Å². The van der Waals surface area contributed by atoms with E-state index in [1.807, 2.05) is 0 Å². The SMILES string of the molecule is CCCNC(CCc1csc(C)n1)C(C)(C)C. The minimum Gasteiger partial charge on any atom is -0.313 e. The minimum absolute atomic E-state index is 0.320.